The van der Waals surface area contributed by atoms with Gasteiger partial charge in [0.1, 0.15) is 0 Å². The Morgan fingerprint density at radius 3 is 2.41 bits per heavy atom. The minimum atomic E-state index is -3.62. The lowest BCUT2D eigenvalue weighted by Gasteiger charge is -2.33. The van der Waals surface area contributed by atoms with Crippen molar-refractivity contribution >= 4 is 15.7 Å². The fraction of sp³-hybridized carbons (Fsp3) is 0.441. The molecule has 4 rings (SSSR count). The van der Waals surface area contributed by atoms with E-state index in [2.05, 4.69) is 87.2 Å². The van der Waals surface area contributed by atoms with Crippen LogP contribution in [0.3, 0.4) is 0 Å². The van der Waals surface area contributed by atoms with Crippen molar-refractivity contribution in [3.8, 4) is 0 Å². The Morgan fingerprint density at radius 2 is 1.72 bits per heavy atom. The van der Waals surface area contributed by atoms with Crippen LogP contribution in [0.5, 0.6) is 0 Å². The molecular formula is C34H47N2O2S. The number of allylic oxidation sites excluding steroid dienone is 6. The SMILES string of the molecule is CCCC1=CC=CC=C[CH]1.CCc1ccc(C(CC)CNC)cc1S(=O)(=O)N1CCCc2cccc(CC)c21. The van der Waals surface area contributed by atoms with E-state index in [0.717, 1.165) is 60.2 Å². The number of fused-ring (bicyclic) bond motifs is 1. The highest BCUT2D eigenvalue weighted by Crippen LogP contribution is 2.37. The van der Waals surface area contributed by atoms with Gasteiger partial charge in [-0.05, 0) is 79.8 Å². The molecule has 0 aromatic heterocycles. The number of rotatable bonds is 10. The van der Waals surface area contributed by atoms with E-state index in [1.165, 1.54) is 18.4 Å². The van der Waals surface area contributed by atoms with Crippen LogP contribution in [0.1, 0.15) is 81.5 Å². The quantitative estimate of drug-likeness (QED) is 0.331. The molecule has 2 aromatic carbocycles. The van der Waals surface area contributed by atoms with Gasteiger partial charge in [-0.25, -0.2) is 8.42 Å². The average molecular weight is 548 g/mol. The third-order valence-corrected chi connectivity index (χ3v) is 9.47. The molecule has 0 fully saturated rings. The van der Waals surface area contributed by atoms with Gasteiger partial charge in [0.15, 0.2) is 0 Å². The van der Waals surface area contributed by atoms with Gasteiger partial charge in [-0.15, -0.1) is 0 Å². The van der Waals surface area contributed by atoms with Crippen LogP contribution in [-0.2, 0) is 29.3 Å². The first-order valence-electron chi connectivity index (χ1n) is 14.7. The van der Waals surface area contributed by atoms with Crippen molar-refractivity contribution in [2.45, 2.75) is 83.5 Å². The van der Waals surface area contributed by atoms with E-state index in [-0.39, 0.29) is 0 Å². The van der Waals surface area contributed by atoms with Gasteiger partial charge in [-0.3, -0.25) is 4.31 Å². The van der Waals surface area contributed by atoms with E-state index in [1.807, 2.05) is 26.1 Å². The summed E-state index contributed by atoms with van der Waals surface area (Å²) >= 11 is 0. The lowest BCUT2D eigenvalue weighted by molar-refractivity contribution is 0.583. The summed E-state index contributed by atoms with van der Waals surface area (Å²) in [6.07, 6.45) is 19.3. The summed E-state index contributed by atoms with van der Waals surface area (Å²) in [5.74, 6) is 0.305. The summed E-state index contributed by atoms with van der Waals surface area (Å²) in [5, 5.41) is 3.24. The van der Waals surface area contributed by atoms with Crippen LogP contribution in [-0.4, -0.2) is 28.6 Å². The van der Waals surface area contributed by atoms with Gasteiger partial charge >= 0.3 is 0 Å². The van der Waals surface area contributed by atoms with Gasteiger partial charge in [0.2, 0.25) is 0 Å². The molecule has 4 nitrogen and oxygen atoms in total. The van der Waals surface area contributed by atoms with Crippen LogP contribution in [0.4, 0.5) is 5.69 Å². The zero-order valence-corrected chi connectivity index (χ0v) is 25.4. The summed E-state index contributed by atoms with van der Waals surface area (Å²) in [7, 11) is -1.67. The molecule has 1 N–H and O–H groups in total. The molecular weight excluding hydrogens is 500 g/mol. The van der Waals surface area contributed by atoms with E-state index in [4.69, 9.17) is 0 Å². The number of nitrogens with zero attached hydrogens (tertiary/aromatic N) is 1. The van der Waals surface area contributed by atoms with Gasteiger partial charge in [0.05, 0.1) is 10.6 Å². The molecule has 0 saturated heterocycles. The number of sulfonamides is 1. The number of aryl methyl sites for hydroxylation is 3. The van der Waals surface area contributed by atoms with Crippen LogP contribution in [0.25, 0.3) is 0 Å². The van der Waals surface area contributed by atoms with Gasteiger partial charge in [-0.2, -0.15) is 0 Å². The van der Waals surface area contributed by atoms with Gasteiger partial charge in [-0.1, -0.05) is 100 Å². The summed E-state index contributed by atoms with van der Waals surface area (Å²) in [6, 6.07) is 12.2. The largest absolute Gasteiger partial charge is 0.319 e. The Bertz CT molecular complexity index is 1260. The molecule has 1 heterocycles. The first-order valence-corrected chi connectivity index (χ1v) is 16.1. The van der Waals surface area contributed by atoms with Gasteiger partial charge in [0, 0.05) is 19.5 Å². The Labute approximate surface area is 238 Å². The molecule has 0 amide bonds. The highest BCUT2D eigenvalue weighted by molar-refractivity contribution is 7.92. The van der Waals surface area contributed by atoms with Crippen LogP contribution < -0.4 is 9.62 Å². The Hall–Kier alpha value is -2.63. The van der Waals surface area contributed by atoms with Crippen LogP contribution >= 0.6 is 0 Å². The Kier molecular flexibility index (Phi) is 12.1. The summed E-state index contributed by atoms with van der Waals surface area (Å²) in [6.45, 7) is 9.87. The van der Waals surface area contributed by atoms with Gasteiger partial charge < -0.3 is 5.32 Å². The average Bonchev–Trinajstić information content (AvgIpc) is 3.24. The number of anilines is 1. The number of nitrogens with one attached hydrogen (secondary N) is 1. The first kappa shape index (κ1) is 30.9. The third kappa shape index (κ3) is 7.73. The highest BCUT2D eigenvalue weighted by atomic mass is 32.2. The monoisotopic (exact) mass is 547 g/mol. The molecule has 1 aliphatic heterocycles. The zero-order valence-electron chi connectivity index (χ0n) is 24.5. The first-order chi connectivity index (χ1) is 18.9. The number of para-hydroxylation sites is 1. The fourth-order valence-corrected chi connectivity index (χ4v) is 7.35. The zero-order chi connectivity index (χ0) is 28.3. The fourth-order valence-electron chi connectivity index (χ4n) is 5.43. The van der Waals surface area contributed by atoms with Crippen molar-refractivity contribution in [3.63, 3.8) is 0 Å². The molecule has 211 valence electrons. The molecule has 5 heteroatoms. The smallest absolute Gasteiger partial charge is 0.264 e. The van der Waals surface area contributed by atoms with Crippen LogP contribution in [0, 0.1) is 6.42 Å². The normalized spacial score (nSPS) is 15.6. The maximum Gasteiger partial charge on any atom is 0.264 e. The van der Waals surface area contributed by atoms with Crippen molar-refractivity contribution in [1.82, 2.24) is 5.32 Å². The van der Waals surface area contributed by atoms with Crippen molar-refractivity contribution in [2.75, 3.05) is 24.4 Å². The van der Waals surface area contributed by atoms with Crippen LogP contribution in [0.2, 0.25) is 0 Å². The minimum absolute atomic E-state index is 0.305. The molecule has 39 heavy (non-hydrogen) atoms. The summed E-state index contributed by atoms with van der Waals surface area (Å²) in [4.78, 5) is 0.478. The second kappa shape index (κ2) is 15.2. The van der Waals surface area contributed by atoms with E-state index >= 15 is 0 Å². The molecule has 1 unspecified atom stereocenters. The summed E-state index contributed by atoms with van der Waals surface area (Å²) in [5.41, 5.74) is 6.59. The molecule has 1 aliphatic carbocycles. The number of benzene rings is 2. The van der Waals surface area contributed by atoms with E-state index in [9.17, 15) is 8.42 Å². The predicted octanol–water partition coefficient (Wildman–Crippen LogP) is 7.71. The predicted molar refractivity (Wildman–Crippen MR) is 167 cm³/mol. The summed E-state index contributed by atoms with van der Waals surface area (Å²) < 4.78 is 29.5. The molecule has 2 aromatic rings. The minimum Gasteiger partial charge on any atom is -0.319 e. The molecule has 0 bridgehead atoms. The van der Waals surface area contributed by atoms with Crippen molar-refractivity contribution in [1.29, 1.82) is 0 Å². The van der Waals surface area contributed by atoms with Gasteiger partial charge in [0.25, 0.3) is 10.0 Å². The number of likely N-dealkylation sites (N-methyl/N-ethyl adjacent to an activating group) is 1. The van der Waals surface area contributed by atoms with Crippen molar-refractivity contribution in [3.05, 3.63) is 101 Å². The number of hydrogen-bond acceptors (Lipinski definition) is 3. The molecule has 2 aliphatic rings. The van der Waals surface area contributed by atoms with E-state index in [1.54, 1.807) is 4.31 Å². The Balaban J connectivity index is 0.000000353. The van der Waals surface area contributed by atoms with Crippen LogP contribution in [0.15, 0.2) is 77.2 Å². The lowest BCUT2D eigenvalue weighted by Crippen LogP contribution is -2.37. The van der Waals surface area contributed by atoms with Crippen molar-refractivity contribution in [2.24, 2.45) is 0 Å². The standard InChI is InChI=1S/C24H34N2O2S.C10H13/c1-5-18-13-14-22(20(7-3)17-25-4)16-23(18)29(27,28)26-15-9-12-21-11-8-10-19(6-2)24(21)26;1-2-7-10-8-5-3-4-6-9-10/h8,10-11,13-14,16,20,25H,5-7,9,12,15,17H2,1-4H3;3-6,8-9H,2,7H2,1H3. The molecule has 1 atom stereocenters. The number of hydrogen-bond donors (Lipinski definition) is 1. The lowest BCUT2D eigenvalue weighted by atomic mass is 9.95. The molecule has 0 spiro atoms. The van der Waals surface area contributed by atoms with E-state index in [0.29, 0.717) is 23.8 Å². The maximum absolute atomic E-state index is 13.9. The highest BCUT2D eigenvalue weighted by Gasteiger charge is 2.32. The second-order valence-corrected chi connectivity index (χ2v) is 12.1. The topological polar surface area (TPSA) is 49.4 Å². The van der Waals surface area contributed by atoms with Crippen molar-refractivity contribution < 1.29 is 8.42 Å². The second-order valence-electron chi connectivity index (χ2n) is 10.3. The molecule has 1 radical (unpaired) electrons. The molecule has 0 saturated carbocycles. The third-order valence-electron chi connectivity index (χ3n) is 7.59. The van der Waals surface area contributed by atoms with E-state index < -0.39 is 10.0 Å². The maximum atomic E-state index is 13.9. The Morgan fingerprint density at radius 1 is 0.949 bits per heavy atom.